The number of nitrogens with one attached hydrogen (secondary N) is 1. The van der Waals surface area contributed by atoms with Crippen molar-refractivity contribution in [2.45, 2.75) is 33.6 Å². The van der Waals surface area contributed by atoms with Gasteiger partial charge in [0.05, 0.1) is 12.2 Å². The molecule has 0 bridgehead atoms. The second kappa shape index (κ2) is 7.24. The first kappa shape index (κ1) is 18.4. The molecule has 1 aromatic carbocycles. The number of nitrogens with zero attached hydrogens (tertiary/aromatic N) is 1. The van der Waals surface area contributed by atoms with Crippen LogP contribution < -0.4 is 5.32 Å². The predicted octanol–water partition coefficient (Wildman–Crippen LogP) is 4.55. The number of carbonyl (C=O) groups is 2. The maximum atomic E-state index is 12.9. The molecule has 3 aromatic rings. The van der Waals surface area contributed by atoms with Gasteiger partial charge in [0, 0.05) is 16.0 Å². The average molecular weight is 396 g/mol. The minimum absolute atomic E-state index is 0.267. The van der Waals surface area contributed by atoms with E-state index >= 15 is 0 Å². The molecule has 4 rings (SSSR count). The lowest BCUT2D eigenvalue weighted by Crippen LogP contribution is -2.17. The number of hydrogen-bond donors (Lipinski definition) is 1. The Bertz CT molecular complexity index is 1080. The summed E-state index contributed by atoms with van der Waals surface area (Å²) in [7, 11) is 0. The molecule has 0 radical (unpaired) electrons. The summed E-state index contributed by atoms with van der Waals surface area (Å²) in [6, 6.07) is 7.97. The summed E-state index contributed by atoms with van der Waals surface area (Å²) in [6.45, 7) is 5.79. The summed E-state index contributed by atoms with van der Waals surface area (Å²) in [6.07, 6.45) is 1.52. The molecule has 0 atom stereocenters. The van der Waals surface area contributed by atoms with Crippen molar-refractivity contribution in [3.63, 3.8) is 0 Å². The van der Waals surface area contributed by atoms with Crippen LogP contribution in [0.5, 0.6) is 0 Å². The van der Waals surface area contributed by atoms with Crippen LogP contribution in [0.2, 0.25) is 0 Å². The van der Waals surface area contributed by atoms with E-state index in [2.05, 4.69) is 16.5 Å². The number of aryl methyl sites for hydroxylation is 2. The van der Waals surface area contributed by atoms with Crippen LogP contribution in [0.3, 0.4) is 0 Å². The summed E-state index contributed by atoms with van der Waals surface area (Å²) in [4.78, 5) is 26.2. The summed E-state index contributed by atoms with van der Waals surface area (Å²) >= 11 is 1.36. The van der Waals surface area contributed by atoms with Crippen LogP contribution in [-0.2, 0) is 17.6 Å². The highest BCUT2D eigenvalue weighted by atomic mass is 32.1. The van der Waals surface area contributed by atoms with Crippen molar-refractivity contribution in [2.24, 2.45) is 0 Å². The van der Waals surface area contributed by atoms with Crippen LogP contribution in [0.25, 0.3) is 11.3 Å². The first-order valence-corrected chi connectivity index (χ1v) is 9.98. The maximum absolute atomic E-state index is 12.9. The van der Waals surface area contributed by atoms with Gasteiger partial charge in [0.2, 0.25) is 0 Å². The van der Waals surface area contributed by atoms with Crippen molar-refractivity contribution in [1.29, 1.82) is 0 Å². The van der Waals surface area contributed by atoms with Crippen LogP contribution in [0.1, 0.15) is 49.3 Å². The molecule has 1 N–H and O–H groups in total. The lowest BCUT2D eigenvalue weighted by atomic mass is 9.89. The van der Waals surface area contributed by atoms with E-state index in [1.54, 1.807) is 6.92 Å². The molecule has 0 aliphatic heterocycles. The van der Waals surface area contributed by atoms with E-state index in [4.69, 9.17) is 9.26 Å². The van der Waals surface area contributed by atoms with Gasteiger partial charge in [-0.1, -0.05) is 29.4 Å². The molecule has 0 saturated heterocycles. The molecule has 0 saturated carbocycles. The highest BCUT2D eigenvalue weighted by molar-refractivity contribution is 7.16. The third-order valence-corrected chi connectivity index (χ3v) is 6.12. The van der Waals surface area contributed by atoms with E-state index in [0.717, 1.165) is 28.0 Å². The van der Waals surface area contributed by atoms with E-state index in [9.17, 15) is 9.59 Å². The van der Waals surface area contributed by atoms with Crippen molar-refractivity contribution in [3.8, 4) is 11.3 Å². The lowest BCUT2D eigenvalue weighted by molar-refractivity contribution is 0.0527. The zero-order valence-corrected chi connectivity index (χ0v) is 16.7. The third-order valence-electron chi connectivity index (χ3n) is 5.00. The van der Waals surface area contributed by atoms with Gasteiger partial charge in [-0.25, -0.2) is 4.79 Å². The molecule has 0 spiro atoms. The monoisotopic (exact) mass is 396 g/mol. The highest BCUT2D eigenvalue weighted by Crippen LogP contribution is 2.37. The minimum Gasteiger partial charge on any atom is -0.462 e. The Kier molecular flexibility index (Phi) is 4.77. The Hall–Kier alpha value is -2.93. The number of anilines is 1. The Morgan fingerprint density at radius 2 is 2.04 bits per heavy atom. The van der Waals surface area contributed by atoms with Gasteiger partial charge in [-0.05, 0) is 44.7 Å². The lowest BCUT2D eigenvalue weighted by Gasteiger charge is -2.14. The van der Waals surface area contributed by atoms with Crippen LogP contribution in [0.4, 0.5) is 5.00 Å². The second-order valence-corrected chi connectivity index (χ2v) is 7.88. The molecule has 7 heteroatoms. The maximum Gasteiger partial charge on any atom is 0.341 e. The number of amides is 1. The summed E-state index contributed by atoms with van der Waals surface area (Å²) in [5.41, 5.74) is 4.45. The molecule has 0 unspecified atom stereocenters. The molecule has 2 heterocycles. The Morgan fingerprint density at radius 3 is 2.82 bits per heavy atom. The summed E-state index contributed by atoms with van der Waals surface area (Å²) in [5, 5.41) is 7.36. The van der Waals surface area contributed by atoms with Crippen LogP contribution >= 0.6 is 11.3 Å². The number of benzene rings is 1. The Balaban J connectivity index is 1.66. The molecule has 2 aromatic heterocycles. The van der Waals surface area contributed by atoms with Crippen LogP contribution in [0, 0.1) is 13.8 Å². The van der Waals surface area contributed by atoms with Crippen molar-refractivity contribution >= 4 is 28.2 Å². The van der Waals surface area contributed by atoms with E-state index in [1.165, 1.54) is 16.9 Å². The Morgan fingerprint density at radius 1 is 1.25 bits per heavy atom. The third kappa shape index (κ3) is 3.01. The number of esters is 1. The Labute approximate surface area is 166 Å². The molecule has 0 fully saturated rings. The minimum atomic E-state index is -0.434. The number of rotatable bonds is 4. The first-order valence-electron chi connectivity index (χ1n) is 9.16. The predicted molar refractivity (Wildman–Crippen MR) is 107 cm³/mol. The number of carbonyl (C=O) groups excluding carboxylic acids is 2. The zero-order chi connectivity index (χ0) is 19.8. The van der Waals surface area contributed by atoms with E-state index < -0.39 is 5.97 Å². The molecular weight excluding hydrogens is 376 g/mol. The van der Waals surface area contributed by atoms with E-state index in [1.807, 2.05) is 32.0 Å². The average Bonchev–Trinajstić information content (AvgIpc) is 3.23. The fourth-order valence-corrected chi connectivity index (χ4v) is 4.52. The van der Waals surface area contributed by atoms with Crippen LogP contribution in [0.15, 0.2) is 28.8 Å². The molecule has 28 heavy (non-hydrogen) atoms. The number of fused-ring (bicyclic) bond motifs is 3. The molecular formula is C21H20N2O4S. The normalized spacial score (nSPS) is 12.2. The van der Waals surface area contributed by atoms with Gasteiger partial charge >= 0.3 is 5.97 Å². The molecule has 144 valence electrons. The van der Waals surface area contributed by atoms with Crippen molar-refractivity contribution in [3.05, 3.63) is 57.1 Å². The summed E-state index contributed by atoms with van der Waals surface area (Å²) < 4.78 is 10.7. The van der Waals surface area contributed by atoms with Gasteiger partial charge in [-0.15, -0.1) is 11.3 Å². The number of hydrogen-bond acceptors (Lipinski definition) is 6. The highest BCUT2D eigenvalue weighted by Gasteiger charge is 2.29. The van der Waals surface area contributed by atoms with Gasteiger partial charge in [0.25, 0.3) is 5.91 Å². The van der Waals surface area contributed by atoms with Crippen LogP contribution in [-0.4, -0.2) is 23.6 Å². The fraction of sp³-hybridized carbons (Fsp3) is 0.286. The fourth-order valence-electron chi connectivity index (χ4n) is 3.48. The first-order chi connectivity index (χ1) is 13.5. The summed E-state index contributed by atoms with van der Waals surface area (Å²) in [5.74, 6) is -0.164. The number of aromatic nitrogens is 1. The van der Waals surface area contributed by atoms with Crippen molar-refractivity contribution in [2.75, 3.05) is 11.9 Å². The smallest absolute Gasteiger partial charge is 0.341 e. The molecule has 6 nitrogen and oxygen atoms in total. The van der Waals surface area contributed by atoms with E-state index in [-0.39, 0.29) is 18.2 Å². The quantitative estimate of drug-likeness (QED) is 0.655. The van der Waals surface area contributed by atoms with Crippen molar-refractivity contribution in [1.82, 2.24) is 5.16 Å². The number of ether oxygens (including phenoxy) is 1. The topological polar surface area (TPSA) is 81.4 Å². The SMILES string of the molecule is CCOC(=O)c1c(NC(=O)c2noc3c2CCc2ccccc2-3)sc(C)c1C. The number of thiophene rings is 1. The molecule has 1 amide bonds. The van der Waals surface area contributed by atoms with Gasteiger partial charge in [-0.2, -0.15) is 0 Å². The van der Waals surface area contributed by atoms with Gasteiger partial charge in [0.15, 0.2) is 11.5 Å². The van der Waals surface area contributed by atoms with Gasteiger partial charge < -0.3 is 14.6 Å². The molecule has 1 aliphatic carbocycles. The van der Waals surface area contributed by atoms with Crippen molar-refractivity contribution < 1.29 is 18.8 Å². The second-order valence-electron chi connectivity index (χ2n) is 6.66. The van der Waals surface area contributed by atoms with Gasteiger partial charge in [-0.3, -0.25) is 4.79 Å². The zero-order valence-electron chi connectivity index (χ0n) is 15.9. The standard InChI is InChI=1S/C21H20N2O4S/c1-4-26-21(25)16-11(2)12(3)28-20(16)22-19(24)17-15-10-9-13-7-5-6-8-14(13)18(15)27-23-17/h5-8H,4,9-10H2,1-3H3,(H,22,24). The van der Waals surface area contributed by atoms with Gasteiger partial charge in [0.1, 0.15) is 5.00 Å². The molecule has 1 aliphatic rings. The largest absolute Gasteiger partial charge is 0.462 e. The van der Waals surface area contributed by atoms with E-state index in [0.29, 0.717) is 22.7 Å².